The Kier molecular flexibility index (Phi) is 5.98. The van der Waals surface area contributed by atoms with E-state index in [0.717, 1.165) is 0 Å². The van der Waals surface area contributed by atoms with Gasteiger partial charge in [0, 0.05) is 19.4 Å². The van der Waals surface area contributed by atoms with Gasteiger partial charge in [-0.2, -0.15) is 0 Å². The topological polar surface area (TPSA) is 103 Å². The van der Waals surface area contributed by atoms with Gasteiger partial charge in [0.15, 0.2) is 14.5 Å². The average molecular weight is 387 g/mol. The summed E-state index contributed by atoms with van der Waals surface area (Å²) < 4.78 is 19.4. The molecule has 5 atom stereocenters. The second-order valence-electron chi connectivity index (χ2n) is 8.29. The van der Waals surface area contributed by atoms with Gasteiger partial charge in [-0.1, -0.05) is 20.8 Å². The third kappa shape index (κ3) is 4.01. The van der Waals surface area contributed by atoms with Gasteiger partial charge in [0.1, 0.15) is 18.3 Å². The molecule has 2 heterocycles. The number of rotatable bonds is 5. The highest BCUT2D eigenvalue weighted by Crippen LogP contribution is 2.42. The fourth-order valence-electron chi connectivity index (χ4n) is 2.81. The van der Waals surface area contributed by atoms with E-state index < -0.39 is 50.2 Å². The van der Waals surface area contributed by atoms with Gasteiger partial charge in [-0.15, -0.1) is 0 Å². The fourth-order valence-corrected chi connectivity index (χ4v) is 4.11. The van der Waals surface area contributed by atoms with Crippen molar-refractivity contribution in [2.75, 3.05) is 7.11 Å². The van der Waals surface area contributed by atoms with Crippen LogP contribution < -0.4 is 11.2 Å². The van der Waals surface area contributed by atoms with Gasteiger partial charge in [-0.25, -0.2) is 4.79 Å². The van der Waals surface area contributed by atoms with Crippen molar-refractivity contribution in [2.45, 2.75) is 76.5 Å². The first-order valence-corrected chi connectivity index (χ1v) is 11.7. The number of ether oxygens (including phenoxy) is 2. The molecular formula is C17H30N2O6Si. The molecule has 1 saturated heterocycles. The second kappa shape index (κ2) is 7.39. The van der Waals surface area contributed by atoms with Crippen LogP contribution in [-0.2, 0) is 13.9 Å². The number of nitrogens with zero attached hydrogens (tertiary/aromatic N) is 1. The van der Waals surface area contributed by atoms with Crippen LogP contribution >= 0.6 is 0 Å². The normalized spacial score (nSPS) is 28.3. The van der Waals surface area contributed by atoms with Crippen LogP contribution in [0.5, 0.6) is 0 Å². The SMILES string of the molecule is CO[C@@H]1[C@H](O[Si](C)(C)C(C)(C)C)[C@@H]([C@@H](C)O)O[C@H]1n1ccc(=O)[nH]c1=O. The predicted molar refractivity (Wildman–Crippen MR) is 99.8 cm³/mol. The van der Waals surface area contributed by atoms with Crippen molar-refractivity contribution >= 4 is 8.32 Å². The summed E-state index contributed by atoms with van der Waals surface area (Å²) in [4.78, 5) is 25.8. The summed E-state index contributed by atoms with van der Waals surface area (Å²) in [5, 5.41) is 10.2. The third-order valence-electron chi connectivity index (χ3n) is 5.34. The first-order valence-electron chi connectivity index (χ1n) is 8.74. The summed E-state index contributed by atoms with van der Waals surface area (Å²) in [6, 6.07) is 1.25. The Hall–Kier alpha value is -1.26. The smallest absolute Gasteiger partial charge is 0.330 e. The van der Waals surface area contributed by atoms with E-state index >= 15 is 0 Å². The van der Waals surface area contributed by atoms with Crippen LogP contribution in [0.15, 0.2) is 21.9 Å². The first kappa shape index (κ1) is 21.0. The molecular weight excluding hydrogens is 356 g/mol. The average Bonchev–Trinajstić information content (AvgIpc) is 2.83. The molecule has 8 nitrogen and oxygen atoms in total. The molecule has 0 amide bonds. The molecule has 0 spiro atoms. The van der Waals surface area contributed by atoms with E-state index in [0.29, 0.717) is 0 Å². The van der Waals surface area contributed by atoms with Crippen molar-refractivity contribution in [1.29, 1.82) is 0 Å². The van der Waals surface area contributed by atoms with Crippen molar-refractivity contribution in [3.05, 3.63) is 33.1 Å². The van der Waals surface area contributed by atoms with E-state index in [1.54, 1.807) is 6.92 Å². The van der Waals surface area contributed by atoms with Crippen LogP contribution in [-0.4, -0.2) is 54.5 Å². The molecule has 0 saturated carbocycles. The predicted octanol–water partition coefficient (Wildman–Crippen LogP) is 1.22. The van der Waals surface area contributed by atoms with Crippen LogP contribution in [0.1, 0.15) is 33.9 Å². The minimum Gasteiger partial charge on any atom is -0.408 e. The minimum absolute atomic E-state index is 0.0402. The molecule has 1 fully saturated rings. The number of hydrogen-bond donors (Lipinski definition) is 2. The quantitative estimate of drug-likeness (QED) is 0.738. The molecule has 2 N–H and O–H groups in total. The monoisotopic (exact) mass is 386 g/mol. The standard InChI is InChI=1S/C17H30N2O6Si/c1-10(20)12-13(25-26(6,7)17(2,3)4)14(23-5)15(24-12)19-9-8-11(21)18-16(19)22/h8-10,12-15,20H,1-7H3,(H,18,21,22)/t10-,12-,13-,14-,15-/m1/s1. The van der Waals surface area contributed by atoms with Gasteiger partial charge in [0.2, 0.25) is 0 Å². The van der Waals surface area contributed by atoms with Gasteiger partial charge in [-0.05, 0) is 25.1 Å². The van der Waals surface area contributed by atoms with Crippen molar-refractivity contribution in [2.24, 2.45) is 0 Å². The van der Waals surface area contributed by atoms with Crippen molar-refractivity contribution < 1.29 is 19.0 Å². The number of aromatic amines is 1. The summed E-state index contributed by atoms with van der Waals surface area (Å²) >= 11 is 0. The van der Waals surface area contributed by atoms with Crippen LogP contribution in [0, 0.1) is 0 Å². The fraction of sp³-hybridized carbons (Fsp3) is 0.765. The molecule has 0 unspecified atom stereocenters. The molecule has 1 aromatic heterocycles. The van der Waals surface area contributed by atoms with Gasteiger partial charge in [0.05, 0.1) is 6.10 Å². The van der Waals surface area contributed by atoms with Gasteiger partial charge in [0.25, 0.3) is 5.56 Å². The highest BCUT2D eigenvalue weighted by molar-refractivity contribution is 6.74. The third-order valence-corrected chi connectivity index (χ3v) is 9.81. The largest absolute Gasteiger partial charge is 0.408 e. The number of H-pyrrole nitrogens is 1. The van der Waals surface area contributed by atoms with Crippen LogP contribution in [0.2, 0.25) is 18.1 Å². The lowest BCUT2D eigenvalue weighted by molar-refractivity contribution is -0.0820. The molecule has 0 aromatic carbocycles. The lowest BCUT2D eigenvalue weighted by Gasteiger charge is -2.40. The summed E-state index contributed by atoms with van der Waals surface area (Å²) in [6.45, 7) is 12.2. The summed E-state index contributed by atoms with van der Waals surface area (Å²) in [7, 11) is -0.667. The van der Waals surface area contributed by atoms with E-state index in [-0.39, 0.29) is 5.04 Å². The summed E-state index contributed by atoms with van der Waals surface area (Å²) in [5.41, 5.74) is -1.08. The van der Waals surface area contributed by atoms with Crippen molar-refractivity contribution in [3.8, 4) is 0 Å². The van der Waals surface area contributed by atoms with E-state index in [1.807, 2.05) is 0 Å². The molecule has 0 aliphatic carbocycles. The number of methoxy groups -OCH3 is 1. The number of nitrogens with one attached hydrogen (secondary N) is 1. The molecule has 1 aromatic rings. The van der Waals surface area contributed by atoms with E-state index in [2.05, 4.69) is 38.8 Å². The van der Waals surface area contributed by atoms with Crippen molar-refractivity contribution in [3.63, 3.8) is 0 Å². The molecule has 0 bridgehead atoms. The van der Waals surface area contributed by atoms with E-state index in [4.69, 9.17) is 13.9 Å². The molecule has 1 aliphatic heterocycles. The van der Waals surface area contributed by atoms with Crippen LogP contribution in [0.4, 0.5) is 0 Å². The lowest BCUT2D eigenvalue weighted by atomic mass is 10.1. The maximum atomic E-state index is 12.2. The van der Waals surface area contributed by atoms with Gasteiger partial charge < -0.3 is 19.0 Å². The summed E-state index contributed by atoms with van der Waals surface area (Å²) in [6.07, 6.45) is -2.05. The molecule has 26 heavy (non-hydrogen) atoms. The van der Waals surface area contributed by atoms with Crippen molar-refractivity contribution in [1.82, 2.24) is 9.55 Å². The highest BCUT2D eigenvalue weighted by atomic mass is 28.4. The van der Waals surface area contributed by atoms with E-state index in [1.165, 1.54) is 23.9 Å². The molecule has 2 rings (SSSR count). The Morgan fingerprint density at radius 3 is 2.38 bits per heavy atom. The Bertz CT molecular complexity index is 736. The molecule has 1 aliphatic rings. The molecule has 0 radical (unpaired) electrons. The zero-order valence-electron chi connectivity index (χ0n) is 16.5. The van der Waals surface area contributed by atoms with Crippen LogP contribution in [0.25, 0.3) is 0 Å². The number of aromatic nitrogens is 2. The highest BCUT2D eigenvalue weighted by Gasteiger charge is 2.52. The number of hydrogen-bond acceptors (Lipinski definition) is 6. The Balaban J connectivity index is 2.43. The Morgan fingerprint density at radius 2 is 1.92 bits per heavy atom. The Morgan fingerprint density at radius 1 is 1.31 bits per heavy atom. The zero-order valence-corrected chi connectivity index (χ0v) is 17.5. The van der Waals surface area contributed by atoms with E-state index in [9.17, 15) is 14.7 Å². The number of aliphatic hydroxyl groups excluding tert-OH is 1. The van der Waals surface area contributed by atoms with Crippen LogP contribution in [0.3, 0.4) is 0 Å². The number of aliphatic hydroxyl groups is 1. The summed E-state index contributed by atoms with van der Waals surface area (Å²) in [5.74, 6) is 0. The van der Waals surface area contributed by atoms with Gasteiger partial charge in [-0.3, -0.25) is 14.3 Å². The minimum atomic E-state index is -2.19. The first-order chi connectivity index (χ1) is 11.9. The Labute approximate surface area is 154 Å². The lowest BCUT2D eigenvalue weighted by Crippen LogP contribution is -2.51. The van der Waals surface area contributed by atoms with Gasteiger partial charge >= 0.3 is 5.69 Å². The maximum Gasteiger partial charge on any atom is 0.330 e. The zero-order chi connectivity index (χ0) is 19.9. The molecule has 148 valence electrons. The molecule has 9 heteroatoms. The second-order valence-corrected chi connectivity index (χ2v) is 13.0. The maximum absolute atomic E-state index is 12.2.